The van der Waals surface area contributed by atoms with E-state index >= 15 is 0 Å². The fraction of sp³-hybridized carbons (Fsp3) is 0.333. The number of benzene rings is 2. The van der Waals surface area contributed by atoms with Gasteiger partial charge in [0.15, 0.2) is 0 Å². The minimum absolute atomic E-state index is 0.227. The van der Waals surface area contributed by atoms with Crippen molar-refractivity contribution in [1.29, 1.82) is 0 Å². The van der Waals surface area contributed by atoms with E-state index in [2.05, 4.69) is 39.1 Å². The van der Waals surface area contributed by atoms with Crippen LogP contribution in [0.2, 0.25) is 0 Å². The molecule has 1 amide bonds. The highest BCUT2D eigenvalue weighted by atomic mass is 16.2. The highest BCUT2D eigenvalue weighted by molar-refractivity contribution is 5.77. The Kier molecular flexibility index (Phi) is 4.97. The van der Waals surface area contributed by atoms with Crippen molar-refractivity contribution in [2.75, 3.05) is 26.2 Å². The van der Waals surface area contributed by atoms with Crippen LogP contribution in [-0.4, -0.2) is 51.9 Å². The van der Waals surface area contributed by atoms with Crippen LogP contribution in [-0.2, 0) is 17.8 Å². The number of aromatic nitrogens is 2. The minimum atomic E-state index is 0.227. The number of aryl methyl sites for hydroxylation is 1. The molecule has 5 heteroatoms. The Balaban J connectivity index is 1.25. The smallest absolute Gasteiger partial charge is 0.223 e. The lowest BCUT2D eigenvalue weighted by molar-refractivity contribution is -0.133. The van der Waals surface area contributed by atoms with Crippen molar-refractivity contribution in [3.63, 3.8) is 0 Å². The molecule has 1 aromatic heterocycles. The molecule has 3 aromatic rings. The third-order valence-electron chi connectivity index (χ3n) is 4.99. The number of amides is 1. The van der Waals surface area contributed by atoms with E-state index in [1.807, 2.05) is 35.2 Å². The number of nitrogens with zero attached hydrogens (tertiary/aromatic N) is 3. The molecule has 0 unspecified atom stereocenters. The van der Waals surface area contributed by atoms with Gasteiger partial charge in [-0.3, -0.25) is 9.69 Å². The molecule has 0 atom stereocenters. The number of fused-ring (bicyclic) bond motifs is 1. The van der Waals surface area contributed by atoms with Gasteiger partial charge in [-0.1, -0.05) is 42.5 Å². The molecule has 0 aliphatic carbocycles. The average Bonchev–Trinajstić information content (AvgIpc) is 3.10. The molecular formula is C21H24N4O. The van der Waals surface area contributed by atoms with Crippen molar-refractivity contribution in [3.8, 4) is 0 Å². The van der Waals surface area contributed by atoms with Crippen molar-refractivity contribution in [1.82, 2.24) is 19.8 Å². The van der Waals surface area contributed by atoms with Crippen LogP contribution in [0.25, 0.3) is 11.0 Å². The lowest BCUT2D eigenvalue weighted by atomic mass is 10.2. The zero-order chi connectivity index (χ0) is 17.8. The maximum Gasteiger partial charge on any atom is 0.223 e. The summed E-state index contributed by atoms with van der Waals surface area (Å²) in [5.74, 6) is 1.12. The van der Waals surface area contributed by atoms with Crippen LogP contribution in [0.4, 0.5) is 0 Å². The number of rotatable bonds is 5. The molecule has 0 spiro atoms. The quantitative estimate of drug-likeness (QED) is 0.771. The van der Waals surface area contributed by atoms with Crippen molar-refractivity contribution in [2.24, 2.45) is 0 Å². The van der Waals surface area contributed by atoms with Crippen LogP contribution in [0, 0.1) is 0 Å². The summed E-state index contributed by atoms with van der Waals surface area (Å²) >= 11 is 0. The van der Waals surface area contributed by atoms with E-state index in [4.69, 9.17) is 0 Å². The second-order valence-electron chi connectivity index (χ2n) is 6.84. The molecule has 1 N–H and O–H groups in total. The molecule has 0 saturated carbocycles. The summed E-state index contributed by atoms with van der Waals surface area (Å²) in [6.07, 6.45) is 1.18. The Bertz CT molecular complexity index is 833. The van der Waals surface area contributed by atoms with Crippen LogP contribution >= 0.6 is 0 Å². The van der Waals surface area contributed by atoms with Crippen LogP contribution in [0.3, 0.4) is 0 Å². The Morgan fingerprint density at radius 1 is 0.962 bits per heavy atom. The molecule has 1 saturated heterocycles. The number of carbonyl (C=O) groups is 1. The lowest BCUT2D eigenvalue weighted by Gasteiger charge is -2.34. The van der Waals surface area contributed by atoms with E-state index in [1.165, 1.54) is 5.56 Å². The summed E-state index contributed by atoms with van der Waals surface area (Å²) in [4.78, 5) is 24.8. The molecule has 2 aromatic carbocycles. The van der Waals surface area contributed by atoms with E-state index in [1.54, 1.807) is 0 Å². The van der Waals surface area contributed by atoms with Crippen molar-refractivity contribution >= 4 is 16.9 Å². The number of imidazole rings is 1. The molecule has 1 fully saturated rings. The van der Waals surface area contributed by atoms with Gasteiger partial charge in [-0.15, -0.1) is 0 Å². The van der Waals surface area contributed by atoms with Gasteiger partial charge in [-0.05, 0) is 17.7 Å². The number of nitrogens with one attached hydrogen (secondary N) is 1. The zero-order valence-corrected chi connectivity index (χ0v) is 14.9. The Morgan fingerprint density at radius 2 is 1.69 bits per heavy atom. The van der Waals surface area contributed by atoms with Crippen LogP contribution < -0.4 is 0 Å². The highest BCUT2D eigenvalue weighted by Crippen LogP contribution is 2.13. The highest BCUT2D eigenvalue weighted by Gasteiger charge is 2.21. The van der Waals surface area contributed by atoms with Crippen LogP contribution in [0.15, 0.2) is 54.6 Å². The predicted octanol–water partition coefficient (Wildman–Crippen LogP) is 2.84. The Morgan fingerprint density at radius 3 is 2.46 bits per heavy atom. The monoisotopic (exact) mass is 348 g/mol. The normalized spacial score (nSPS) is 15.5. The van der Waals surface area contributed by atoms with Gasteiger partial charge in [0.05, 0.1) is 11.0 Å². The van der Waals surface area contributed by atoms with Gasteiger partial charge in [0.25, 0.3) is 0 Å². The molecular weight excluding hydrogens is 324 g/mol. The van der Waals surface area contributed by atoms with Crippen molar-refractivity contribution < 1.29 is 4.79 Å². The van der Waals surface area contributed by atoms with Gasteiger partial charge in [-0.2, -0.15) is 0 Å². The van der Waals surface area contributed by atoms with E-state index < -0.39 is 0 Å². The first-order valence-corrected chi connectivity index (χ1v) is 9.25. The van der Waals surface area contributed by atoms with Crippen molar-refractivity contribution in [2.45, 2.75) is 19.4 Å². The summed E-state index contributed by atoms with van der Waals surface area (Å²) in [5.41, 5.74) is 3.33. The topological polar surface area (TPSA) is 52.2 Å². The van der Waals surface area contributed by atoms with E-state index in [0.717, 1.165) is 49.6 Å². The number of piperazine rings is 1. The number of H-pyrrole nitrogens is 1. The number of carbonyl (C=O) groups excluding carboxylic acids is 1. The van der Waals surface area contributed by atoms with Gasteiger partial charge >= 0.3 is 0 Å². The van der Waals surface area contributed by atoms with Gasteiger partial charge < -0.3 is 9.88 Å². The summed E-state index contributed by atoms with van der Waals surface area (Å²) < 4.78 is 0. The van der Waals surface area contributed by atoms with E-state index in [9.17, 15) is 4.79 Å². The number of hydrogen-bond acceptors (Lipinski definition) is 3. The third-order valence-corrected chi connectivity index (χ3v) is 4.99. The first-order chi connectivity index (χ1) is 12.8. The summed E-state index contributed by atoms with van der Waals surface area (Å²) in [6.45, 7) is 4.45. The average molecular weight is 348 g/mol. The Labute approximate surface area is 153 Å². The predicted molar refractivity (Wildman–Crippen MR) is 103 cm³/mol. The SMILES string of the molecule is O=C(CCc1nc2ccccc2[nH]1)N1CCN(Cc2ccccc2)CC1. The molecule has 1 aliphatic rings. The molecule has 4 rings (SSSR count). The maximum absolute atomic E-state index is 12.5. The number of hydrogen-bond donors (Lipinski definition) is 1. The molecule has 5 nitrogen and oxygen atoms in total. The summed E-state index contributed by atoms with van der Waals surface area (Å²) in [6, 6.07) is 18.5. The number of aromatic amines is 1. The van der Waals surface area contributed by atoms with Gasteiger partial charge in [0, 0.05) is 45.6 Å². The van der Waals surface area contributed by atoms with E-state index in [0.29, 0.717) is 12.8 Å². The van der Waals surface area contributed by atoms with Gasteiger partial charge in [0.2, 0.25) is 5.91 Å². The van der Waals surface area contributed by atoms with Gasteiger partial charge in [-0.25, -0.2) is 4.98 Å². The first kappa shape index (κ1) is 16.8. The summed E-state index contributed by atoms with van der Waals surface area (Å²) in [7, 11) is 0. The molecule has 1 aliphatic heterocycles. The van der Waals surface area contributed by atoms with E-state index in [-0.39, 0.29) is 5.91 Å². The molecule has 134 valence electrons. The third kappa shape index (κ3) is 3.94. The molecule has 26 heavy (non-hydrogen) atoms. The molecule has 0 bridgehead atoms. The lowest BCUT2D eigenvalue weighted by Crippen LogP contribution is -2.48. The van der Waals surface area contributed by atoms with Crippen LogP contribution in [0.5, 0.6) is 0 Å². The molecule has 2 heterocycles. The molecule has 0 radical (unpaired) electrons. The first-order valence-electron chi connectivity index (χ1n) is 9.25. The Hall–Kier alpha value is -2.66. The second kappa shape index (κ2) is 7.70. The second-order valence-corrected chi connectivity index (χ2v) is 6.84. The zero-order valence-electron chi connectivity index (χ0n) is 14.9. The largest absolute Gasteiger partial charge is 0.342 e. The standard InChI is InChI=1S/C21H24N4O/c26-21(11-10-20-22-18-8-4-5-9-19(18)23-20)25-14-12-24(13-15-25)16-17-6-2-1-3-7-17/h1-9H,10-16H2,(H,22,23). The van der Waals surface area contributed by atoms with Gasteiger partial charge in [0.1, 0.15) is 5.82 Å². The maximum atomic E-state index is 12.5. The van der Waals surface area contributed by atoms with Crippen LogP contribution in [0.1, 0.15) is 17.8 Å². The van der Waals surface area contributed by atoms with Crippen molar-refractivity contribution in [3.05, 3.63) is 66.0 Å². The minimum Gasteiger partial charge on any atom is -0.342 e. The fourth-order valence-corrected chi connectivity index (χ4v) is 3.50. The summed E-state index contributed by atoms with van der Waals surface area (Å²) in [5, 5.41) is 0. The number of para-hydroxylation sites is 2. The fourth-order valence-electron chi connectivity index (χ4n) is 3.50.